The van der Waals surface area contributed by atoms with Gasteiger partial charge < -0.3 is 10.1 Å². The summed E-state index contributed by atoms with van der Waals surface area (Å²) < 4.78 is 5.77. The molecule has 1 N–H and O–H groups in total. The Hall–Kier alpha value is -1.59. The molecule has 0 bridgehead atoms. The number of benzene rings is 1. The summed E-state index contributed by atoms with van der Waals surface area (Å²) in [6.07, 6.45) is 1.56. The van der Waals surface area contributed by atoms with E-state index in [9.17, 15) is 4.79 Å². The summed E-state index contributed by atoms with van der Waals surface area (Å²) in [4.78, 5) is 16.0. The van der Waals surface area contributed by atoms with Crippen LogP contribution in [0, 0.1) is 0 Å². The predicted octanol–water partition coefficient (Wildman–Crippen LogP) is 3.76. The van der Waals surface area contributed by atoms with Crippen LogP contribution in [0.5, 0.6) is 5.75 Å². The summed E-state index contributed by atoms with van der Waals surface area (Å²) >= 11 is 9.18. The average molecular weight is 342 g/mol. The number of carbonyl (C=O) groups excluding carboxylic acids is 1. The van der Waals surface area contributed by atoms with Crippen LogP contribution < -0.4 is 10.1 Å². The Bertz CT molecular complexity index is 602. The van der Waals surface area contributed by atoms with Gasteiger partial charge in [-0.1, -0.05) is 11.6 Å². The van der Waals surface area contributed by atoms with Gasteiger partial charge in [-0.3, -0.25) is 4.79 Å². The van der Waals surface area contributed by atoms with Crippen LogP contribution in [0.15, 0.2) is 41.0 Å². The number of anilines is 1. The van der Waals surface area contributed by atoms with Crippen molar-refractivity contribution in [2.45, 2.75) is 0 Å². The zero-order chi connectivity index (χ0) is 13.8. The normalized spacial score (nSPS) is 10.1. The molecule has 0 atom stereocenters. The first-order valence-electron chi connectivity index (χ1n) is 5.36. The van der Waals surface area contributed by atoms with Crippen molar-refractivity contribution in [2.75, 3.05) is 12.4 Å². The van der Waals surface area contributed by atoms with Gasteiger partial charge in [0.1, 0.15) is 5.75 Å². The SMILES string of the molecule is COc1ccc(C(=O)Nc2cc(Br)cnc2Cl)cc1. The van der Waals surface area contributed by atoms with Crippen molar-refractivity contribution in [1.29, 1.82) is 0 Å². The van der Waals surface area contributed by atoms with E-state index >= 15 is 0 Å². The molecule has 98 valence electrons. The summed E-state index contributed by atoms with van der Waals surface area (Å²) in [5.41, 5.74) is 0.966. The number of rotatable bonds is 3. The van der Waals surface area contributed by atoms with Gasteiger partial charge in [-0.2, -0.15) is 0 Å². The molecule has 1 aromatic carbocycles. The molecule has 0 spiro atoms. The van der Waals surface area contributed by atoms with Crippen LogP contribution >= 0.6 is 27.5 Å². The molecule has 0 aliphatic heterocycles. The van der Waals surface area contributed by atoms with Gasteiger partial charge >= 0.3 is 0 Å². The number of amides is 1. The maximum absolute atomic E-state index is 12.0. The van der Waals surface area contributed by atoms with Crippen molar-refractivity contribution in [3.63, 3.8) is 0 Å². The molecule has 2 aromatic rings. The number of nitrogens with zero attached hydrogens (tertiary/aromatic N) is 1. The van der Waals surface area contributed by atoms with Gasteiger partial charge in [0.25, 0.3) is 5.91 Å². The lowest BCUT2D eigenvalue weighted by Crippen LogP contribution is -2.12. The lowest BCUT2D eigenvalue weighted by Gasteiger charge is -2.07. The van der Waals surface area contributed by atoms with Crippen molar-refractivity contribution >= 4 is 39.1 Å². The van der Waals surface area contributed by atoms with E-state index in [4.69, 9.17) is 16.3 Å². The van der Waals surface area contributed by atoms with Crippen LogP contribution in [0.1, 0.15) is 10.4 Å². The molecule has 6 heteroatoms. The molecule has 0 unspecified atom stereocenters. The number of methoxy groups -OCH3 is 1. The fourth-order valence-electron chi connectivity index (χ4n) is 1.45. The zero-order valence-electron chi connectivity index (χ0n) is 9.98. The molecule has 0 saturated carbocycles. The van der Waals surface area contributed by atoms with E-state index in [1.54, 1.807) is 43.6 Å². The zero-order valence-corrected chi connectivity index (χ0v) is 12.3. The highest BCUT2D eigenvalue weighted by molar-refractivity contribution is 9.10. The van der Waals surface area contributed by atoms with Crippen molar-refractivity contribution < 1.29 is 9.53 Å². The topological polar surface area (TPSA) is 51.2 Å². The summed E-state index contributed by atoms with van der Waals surface area (Å²) in [6, 6.07) is 8.48. The second-order valence-corrected chi connectivity index (χ2v) is 4.95. The first-order valence-corrected chi connectivity index (χ1v) is 6.53. The average Bonchev–Trinajstić information content (AvgIpc) is 2.43. The van der Waals surface area contributed by atoms with Gasteiger partial charge in [-0.25, -0.2) is 4.98 Å². The number of nitrogens with one attached hydrogen (secondary N) is 1. The van der Waals surface area contributed by atoms with Crippen molar-refractivity contribution in [1.82, 2.24) is 4.98 Å². The second-order valence-electron chi connectivity index (χ2n) is 3.67. The molecule has 4 nitrogen and oxygen atoms in total. The molecule has 0 aliphatic rings. The van der Waals surface area contributed by atoms with Gasteiger partial charge in [0, 0.05) is 16.2 Å². The molecule has 1 amide bonds. The molecular weight excluding hydrogens is 332 g/mol. The van der Waals surface area contributed by atoms with Crippen LogP contribution in [-0.2, 0) is 0 Å². The molecule has 0 aliphatic carbocycles. The highest BCUT2D eigenvalue weighted by Crippen LogP contribution is 2.23. The van der Waals surface area contributed by atoms with Gasteiger partial charge in [0.05, 0.1) is 12.8 Å². The van der Waals surface area contributed by atoms with E-state index in [0.29, 0.717) is 17.0 Å². The third kappa shape index (κ3) is 3.45. The summed E-state index contributed by atoms with van der Waals surface area (Å²) in [6.45, 7) is 0. The number of hydrogen-bond acceptors (Lipinski definition) is 3. The maximum atomic E-state index is 12.0. The third-order valence-electron chi connectivity index (χ3n) is 2.41. The van der Waals surface area contributed by atoms with E-state index in [0.717, 1.165) is 4.47 Å². The maximum Gasteiger partial charge on any atom is 0.255 e. The molecular formula is C13H10BrClN2O2. The Labute approximate surface area is 123 Å². The van der Waals surface area contributed by atoms with Crippen molar-refractivity contribution in [3.8, 4) is 5.75 Å². The van der Waals surface area contributed by atoms with Gasteiger partial charge in [0.15, 0.2) is 5.15 Å². The smallest absolute Gasteiger partial charge is 0.255 e. The number of carbonyl (C=O) groups is 1. The number of ether oxygens (including phenoxy) is 1. The van der Waals surface area contributed by atoms with Crippen molar-refractivity contribution in [2.24, 2.45) is 0 Å². The summed E-state index contributed by atoms with van der Waals surface area (Å²) in [5, 5.41) is 2.94. The molecule has 0 radical (unpaired) electrons. The van der Waals surface area contributed by atoms with Gasteiger partial charge in [-0.05, 0) is 46.3 Å². The van der Waals surface area contributed by atoms with E-state index in [2.05, 4.69) is 26.2 Å². The van der Waals surface area contributed by atoms with Crippen molar-refractivity contribution in [3.05, 3.63) is 51.7 Å². The van der Waals surface area contributed by atoms with E-state index in [1.165, 1.54) is 0 Å². The monoisotopic (exact) mass is 340 g/mol. The van der Waals surface area contributed by atoms with Crippen LogP contribution in [-0.4, -0.2) is 18.0 Å². The Morgan fingerprint density at radius 2 is 2.05 bits per heavy atom. The summed E-state index contributed by atoms with van der Waals surface area (Å²) in [7, 11) is 1.57. The Balaban J connectivity index is 2.18. The molecule has 19 heavy (non-hydrogen) atoms. The van der Waals surface area contributed by atoms with E-state index < -0.39 is 0 Å². The largest absolute Gasteiger partial charge is 0.497 e. The Kier molecular flexibility index (Phi) is 4.39. The standard InChI is InChI=1S/C13H10BrClN2O2/c1-19-10-4-2-8(3-5-10)13(18)17-11-6-9(14)7-16-12(11)15/h2-7H,1H3,(H,17,18). The van der Waals surface area contributed by atoms with Crippen LogP contribution in [0.3, 0.4) is 0 Å². The lowest BCUT2D eigenvalue weighted by molar-refractivity contribution is 0.102. The lowest BCUT2D eigenvalue weighted by atomic mass is 10.2. The molecule has 2 rings (SSSR count). The quantitative estimate of drug-likeness (QED) is 0.865. The number of halogens is 2. The molecule has 0 fully saturated rings. The number of aromatic nitrogens is 1. The Morgan fingerprint density at radius 3 is 2.68 bits per heavy atom. The first-order chi connectivity index (χ1) is 9.10. The summed E-state index contributed by atoms with van der Waals surface area (Å²) in [5.74, 6) is 0.433. The number of hydrogen-bond donors (Lipinski definition) is 1. The minimum atomic E-state index is -0.260. The minimum absolute atomic E-state index is 0.241. The Morgan fingerprint density at radius 1 is 1.37 bits per heavy atom. The fourth-order valence-corrected chi connectivity index (χ4v) is 1.93. The van der Waals surface area contributed by atoms with E-state index in [-0.39, 0.29) is 11.1 Å². The fraction of sp³-hybridized carbons (Fsp3) is 0.0769. The van der Waals surface area contributed by atoms with E-state index in [1.807, 2.05) is 0 Å². The van der Waals surface area contributed by atoms with Gasteiger partial charge in [-0.15, -0.1) is 0 Å². The number of pyridine rings is 1. The third-order valence-corrected chi connectivity index (χ3v) is 3.14. The predicted molar refractivity (Wildman–Crippen MR) is 77.9 cm³/mol. The molecule has 1 aromatic heterocycles. The second kappa shape index (κ2) is 6.04. The highest BCUT2D eigenvalue weighted by atomic mass is 79.9. The van der Waals surface area contributed by atoms with Gasteiger partial charge in [0.2, 0.25) is 0 Å². The van der Waals surface area contributed by atoms with Crippen LogP contribution in [0.4, 0.5) is 5.69 Å². The minimum Gasteiger partial charge on any atom is -0.497 e. The molecule has 0 saturated heterocycles. The first kappa shape index (κ1) is 13.8. The van der Waals surface area contributed by atoms with Crippen LogP contribution in [0.25, 0.3) is 0 Å². The van der Waals surface area contributed by atoms with Crippen LogP contribution in [0.2, 0.25) is 5.15 Å². The molecule has 1 heterocycles. The highest BCUT2D eigenvalue weighted by Gasteiger charge is 2.09.